The van der Waals surface area contributed by atoms with Gasteiger partial charge in [0.25, 0.3) is 5.56 Å². The summed E-state index contributed by atoms with van der Waals surface area (Å²) in [6.45, 7) is 1.73. The number of hydrogen-bond acceptors (Lipinski definition) is 5. The fraction of sp³-hybridized carbons (Fsp3) is 0.556. The molecule has 0 saturated heterocycles. The van der Waals surface area contributed by atoms with Crippen LogP contribution >= 0.6 is 0 Å². The normalized spacial score (nSPS) is 10.6. The highest BCUT2D eigenvalue weighted by molar-refractivity contribution is 5.58. The van der Waals surface area contributed by atoms with Crippen LogP contribution in [0.3, 0.4) is 0 Å². The van der Waals surface area contributed by atoms with Gasteiger partial charge >= 0.3 is 0 Å². The number of aromatic amines is 1. The molecule has 0 spiro atoms. The first kappa shape index (κ1) is 11.5. The molecule has 0 unspecified atom stereocenters. The van der Waals surface area contributed by atoms with E-state index >= 15 is 0 Å². The first-order valence-corrected chi connectivity index (χ1v) is 4.83. The first-order chi connectivity index (χ1) is 7.11. The number of nitrogens with zero attached hydrogens (tertiary/aromatic N) is 2. The Kier molecular flexibility index (Phi) is 4.11. The molecule has 15 heavy (non-hydrogen) atoms. The number of H-pyrrole nitrogens is 1. The molecule has 0 bridgehead atoms. The monoisotopic (exact) mass is 211 g/mol. The molecule has 4 N–H and O–H groups in total. The van der Waals surface area contributed by atoms with Crippen LogP contribution in [0.2, 0.25) is 0 Å². The SMILES string of the molecule is CN(C)CCCNc1nc[nH]c(=O)c1N. The zero-order valence-corrected chi connectivity index (χ0v) is 9.08. The lowest BCUT2D eigenvalue weighted by atomic mass is 10.4. The maximum absolute atomic E-state index is 11.1. The van der Waals surface area contributed by atoms with Gasteiger partial charge < -0.3 is 20.9 Å². The lowest BCUT2D eigenvalue weighted by Gasteiger charge is -2.10. The summed E-state index contributed by atoms with van der Waals surface area (Å²) in [5.41, 5.74) is 5.38. The number of nitrogen functional groups attached to an aromatic ring is 1. The predicted molar refractivity (Wildman–Crippen MR) is 60.9 cm³/mol. The lowest BCUT2D eigenvalue weighted by Crippen LogP contribution is -2.19. The predicted octanol–water partition coefficient (Wildman–Crippen LogP) is -0.284. The molecule has 1 aromatic heterocycles. The van der Waals surface area contributed by atoms with Gasteiger partial charge in [-0.1, -0.05) is 0 Å². The topological polar surface area (TPSA) is 87.0 Å². The van der Waals surface area contributed by atoms with Crippen molar-refractivity contribution < 1.29 is 0 Å². The van der Waals surface area contributed by atoms with Crippen LogP contribution in [0.1, 0.15) is 6.42 Å². The molecule has 6 nitrogen and oxygen atoms in total. The standard InChI is InChI=1S/C9H17N5O/c1-14(2)5-3-4-11-8-7(10)9(15)13-6-12-8/h6H,3-5,10H2,1-2H3,(H2,11,12,13,15). The van der Waals surface area contributed by atoms with Crippen molar-refractivity contribution in [2.75, 3.05) is 38.2 Å². The zero-order chi connectivity index (χ0) is 11.3. The average molecular weight is 211 g/mol. The number of anilines is 2. The highest BCUT2D eigenvalue weighted by atomic mass is 16.1. The van der Waals surface area contributed by atoms with Crippen LogP contribution in [0.25, 0.3) is 0 Å². The van der Waals surface area contributed by atoms with E-state index in [1.807, 2.05) is 14.1 Å². The van der Waals surface area contributed by atoms with E-state index in [4.69, 9.17) is 5.73 Å². The van der Waals surface area contributed by atoms with Crippen molar-refractivity contribution in [2.45, 2.75) is 6.42 Å². The van der Waals surface area contributed by atoms with Crippen molar-refractivity contribution in [3.8, 4) is 0 Å². The van der Waals surface area contributed by atoms with E-state index in [1.165, 1.54) is 6.33 Å². The van der Waals surface area contributed by atoms with Gasteiger partial charge in [-0.25, -0.2) is 4.98 Å². The van der Waals surface area contributed by atoms with Gasteiger partial charge in [-0.3, -0.25) is 4.79 Å². The molecule has 1 aromatic rings. The number of nitrogens with two attached hydrogens (primary N) is 1. The molecule has 6 heteroatoms. The molecular formula is C9H17N5O. The average Bonchev–Trinajstić information content (AvgIpc) is 2.18. The van der Waals surface area contributed by atoms with E-state index in [-0.39, 0.29) is 11.2 Å². The highest BCUT2D eigenvalue weighted by Gasteiger charge is 2.02. The second-order valence-electron chi connectivity index (χ2n) is 3.58. The third kappa shape index (κ3) is 3.59. The minimum Gasteiger partial charge on any atom is -0.391 e. The van der Waals surface area contributed by atoms with Crippen LogP contribution in [0.5, 0.6) is 0 Å². The fourth-order valence-electron chi connectivity index (χ4n) is 1.15. The van der Waals surface area contributed by atoms with Crippen molar-refractivity contribution in [2.24, 2.45) is 0 Å². The Balaban J connectivity index is 2.44. The third-order valence-corrected chi connectivity index (χ3v) is 1.96. The Labute approximate surface area is 88.5 Å². The van der Waals surface area contributed by atoms with Crippen molar-refractivity contribution >= 4 is 11.5 Å². The van der Waals surface area contributed by atoms with E-state index < -0.39 is 0 Å². The molecule has 1 heterocycles. The second kappa shape index (κ2) is 5.35. The van der Waals surface area contributed by atoms with E-state index in [0.29, 0.717) is 5.82 Å². The van der Waals surface area contributed by atoms with E-state index in [2.05, 4.69) is 20.2 Å². The van der Waals surface area contributed by atoms with Crippen LogP contribution in [-0.2, 0) is 0 Å². The second-order valence-corrected chi connectivity index (χ2v) is 3.58. The minimum absolute atomic E-state index is 0.141. The summed E-state index contributed by atoms with van der Waals surface area (Å²) < 4.78 is 0. The number of aromatic nitrogens is 2. The first-order valence-electron chi connectivity index (χ1n) is 4.83. The quantitative estimate of drug-likeness (QED) is 0.583. The fourth-order valence-corrected chi connectivity index (χ4v) is 1.15. The number of hydrogen-bond donors (Lipinski definition) is 3. The third-order valence-electron chi connectivity index (χ3n) is 1.96. The Morgan fingerprint density at radius 1 is 1.60 bits per heavy atom. The summed E-state index contributed by atoms with van der Waals surface area (Å²) in [6, 6.07) is 0. The van der Waals surface area contributed by atoms with Gasteiger partial charge in [0.2, 0.25) is 0 Å². The van der Waals surface area contributed by atoms with Gasteiger partial charge in [0, 0.05) is 6.54 Å². The van der Waals surface area contributed by atoms with Crippen molar-refractivity contribution in [3.05, 3.63) is 16.7 Å². The molecule has 0 atom stereocenters. The summed E-state index contributed by atoms with van der Waals surface area (Å²) >= 11 is 0. The Hall–Kier alpha value is -1.56. The van der Waals surface area contributed by atoms with Crippen LogP contribution in [0.15, 0.2) is 11.1 Å². The molecule has 0 amide bonds. The molecule has 0 saturated carbocycles. The van der Waals surface area contributed by atoms with Gasteiger partial charge in [-0.2, -0.15) is 0 Å². The maximum atomic E-state index is 11.1. The van der Waals surface area contributed by atoms with E-state index in [0.717, 1.165) is 19.5 Å². The number of nitrogens with one attached hydrogen (secondary N) is 2. The molecular weight excluding hydrogens is 194 g/mol. The minimum atomic E-state index is -0.305. The molecule has 1 rings (SSSR count). The van der Waals surface area contributed by atoms with Crippen LogP contribution in [0, 0.1) is 0 Å². The number of rotatable bonds is 5. The summed E-state index contributed by atoms with van der Waals surface area (Å²) in [4.78, 5) is 19.6. The summed E-state index contributed by atoms with van der Waals surface area (Å²) in [5.74, 6) is 0.456. The van der Waals surface area contributed by atoms with Crippen molar-refractivity contribution in [1.29, 1.82) is 0 Å². The summed E-state index contributed by atoms with van der Waals surface area (Å²) in [6.07, 6.45) is 2.31. The van der Waals surface area contributed by atoms with Gasteiger partial charge in [0.15, 0.2) is 5.82 Å². The Morgan fingerprint density at radius 3 is 3.00 bits per heavy atom. The highest BCUT2D eigenvalue weighted by Crippen LogP contribution is 2.06. The van der Waals surface area contributed by atoms with Crippen LogP contribution in [0.4, 0.5) is 11.5 Å². The van der Waals surface area contributed by atoms with Crippen molar-refractivity contribution in [3.63, 3.8) is 0 Å². The van der Waals surface area contributed by atoms with E-state index in [9.17, 15) is 4.79 Å². The van der Waals surface area contributed by atoms with Gasteiger partial charge in [0.05, 0.1) is 6.33 Å². The maximum Gasteiger partial charge on any atom is 0.276 e. The molecule has 0 fully saturated rings. The van der Waals surface area contributed by atoms with Crippen LogP contribution in [-0.4, -0.2) is 42.1 Å². The van der Waals surface area contributed by atoms with Crippen molar-refractivity contribution in [1.82, 2.24) is 14.9 Å². The molecule has 0 radical (unpaired) electrons. The van der Waals surface area contributed by atoms with E-state index in [1.54, 1.807) is 0 Å². The molecule has 84 valence electrons. The van der Waals surface area contributed by atoms with Crippen LogP contribution < -0.4 is 16.6 Å². The Bertz CT molecular complexity index is 360. The van der Waals surface area contributed by atoms with Gasteiger partial charge in [-0.15, -0.1) is 0 Å². The van der Waals surface area contributed by atoms with Gasteiger partial charge in [0.1, 0.15) is 5.69 Å². The summed E-state index contributed by atoms with van der Waals surface area (Å²) in [7, 11) is 4.03. The lowest BCUT2D eigenvalue weighted by molar-refractivity contribution is 0.405. The Morgan fingerprint density at radius 2 is 2.33 bits per heavy atom. The zero-order valence-electron chi connectivity index (χ0n) is 9.08. The largest absolute Gasteiger partial charge is 0.391 e. The molecule has 0 aliphatic heterocycles. The molecule has 0 aliphatic carbocycles. The smallest absolute Gasteiger partial charge is 0.276 e. The molecule has 0 aliphatic rings. The summed E-state index contributed by atoms with van der Waals surface area (Å²) in [5, 5.41) is 3.03. The molecule has 0 aromatic carbocycles. The van der Waals surface area contributed by atoms with Gasteiger partial charge in [-0.05, 0) is 27.1 Å².